The Balaban J connectivity index is 1.48. The molecule has 0 bridgehead atoms. The molecule has 0 aliphatic heterocycles. The fourth-order valence-electron chi connectivity index (χ4n) is 3.70. The maximum atomic E-state index is 13.1. The van der Waals surface area contributed by atoms with Gasteiger partial charge in [0.1, 0.15) is 17.3 Å². The molecule has 0 unspecified atom stereocenters. The van der Waals surface area contributed by atoms with Gasteiger partial charge in [-0.2, -0.15) is 9.78 Å². The van der Waals surface area contributed by atoms with Crippen LogP contribution in [0.4, 0.5) is 5.82 Å². The molecule has 0 radical (unpaired) electrons. The van der Waals surface area contributed by atoms with Crippen LogP contribution < -0.4 is 15.6 Å². The standard InChI is InChI=1S/C28H25N5O3S/c1-2-3-15-36-21-13-11-20(12-14-21)27(35)30-25-17-23(24-10-7-16-37-24)32-33(25)28-29-22(18-26(34)31-28)19-8-5-4-6-9-19/h4-14,16-18H,2-3,15H2,1H3,(H,30,35)(H,29,31,34). The van der Waals surface area contributed by atoms with Crippen LogP contribution in [0.15, 0.2) is 89.0 Å². The van der Waals surface area contributed by atoms with Gasteiger partial charge in [-0.3, -0.25) is 14.6 Å². The van der Waals surface area contributed by atoms with Crippen LogP contribution in [0.3, 0.4) is 0 Å². The Morgan fingerprint density at radius 3 is 2.57 bits per heavy atom. The highest BCUT2D eigenvalue weighted by molar-refractivity contribution is 7.13. The number of rotatable bonds is 9. The number of unbranched alkanes of at least 4 members (excludes halogenated alkanes) is 1. The van der Waals surface area contributed by atoms with Crippen molar-refractivity contribution in [1.29, 1.82) is 0 Å². The molecule has 0 atom stereocenters. The van der Waals surface area contributed by atoms with Gasteiger partial charge in [0.15, 0.2) is 0 Å². The van der Waals surface area contributed by atoms with E-state index >= 15 is 0 Å². The summed E-state index contributed by atoms with van der Waals surface area (Å²) in [5.41, 5.74) is 2.09. The van der Waals surface area contributed by atoms with Crippen LogP contribution in [-0.2, 0) is 0 Å². The summed E-state index contributed by atoms with van der Waals surface area (Å²) in [7, 11) is 0. The average molecular weight is 512 g/mol. The number of ether oxygens (including phenoxy) is 1. The van der Waals surface area contributed by atoms with E-state index in [1.54, 1.807) is 30.3 Å². The summed E-state index contributed by atoms with van der Waals surface area (Å²) in [6.45, 7) is 2.74. The number of hydrogen-bond donors (Lipinski definition) is 2. The summed E-state index contributed by atoms with van der Waals surface area (Å²) >= 11 is 1.53. The van der Waals surface area contributed by atoms with Crippen molar-refractivity contribution >= 4 is 23.1 Å². The highest BCUT2D eigenvalue weighted by Gasteiger charge is 2.18. The van der Waals surface area contributed by atoms with Gasteiger partial charge in [0.2, 0.25) is 5.95 Å². The van der Waals surface area contributed by atoms with Crippen LogP contribution in [0.25, 0.3) is 27.8 Å². The van der Waals surface area contributed by atoms with E-state index in [1.807, 2.05) is 47.8 Å². The Morgan fingerprint density at radius 2 is 1.84 bits per heavy atom. The Bertz CT molecular complexity index is 1540. The smallest absolute Gasteiger partial charge is 0.256 e. The number of anilines is 1. The Hall–Kier alpha value is -4.50. The zero-order valence-electron chi connectivity index (χ0n) is 20.2. The third-order valence-electron chi connectivity index (χ3n) is 5.61. The molecule has 0 aliphatic carbocycles. The van der Waals surface area contributed by atoms with Crippen LogP contribution in [0.5, 0.6) is 5.75 Å². The van der Waals surface area contributed by atoms with Crippen molar-refractivity contribution < 1.29 is 9.53 Å². The van der Waals surface area contributed by atoms with Gasteiger partial charge in [0, 0.05) is 23.3 Å². The third kappa shape index (κ3) is 5.68. The van der Waals surface area contributed by atoms with E-state index in [1.165, 1.54) is 22.1 Å². The van der Waals surface area contributed by atoms with Crippen molar-refractivity contribution in [3.05, 3.63) is 100 Å². The number of nitrogens with zero attached hydrogens (tertiary/aromatic N) is 3. The van der Waals surface area contributed by atoms with E-state index in [0.29, 0.717) is 29.4 Å². The number of hydrogen-bond acceptors (Lipinski definition) is 6. The van der Waals surface area contributed by atoms with E-state index < -0.39 is 0 Å². The first-order chi connectivity index (χ1) is 18.1. The number of nitrogens with one attached hydrogen (secondary N) is 2. The number of carbonyl (C=O) groups excluding carboxylic acids is 1. The molecule has 5 aromatic rings. The maximum Gasteiger partial charge on any atom is 0.256 e. The predicted octanol–water partition coefficient (Wildman–Crippen LogP) is 5.78. The van der Waals surface area contributed by atoms with Crippen molar-refractivity contribution in [3.63, 3.8) is 0 Å². The number of aromatic amines is 1. The van der Waals surface area contributed by atoms with Gasteiger partial charge in [-0.05, 0) is 42.1 Å². The Kier molecular flexibility index (Phi) is 7.23. The molecule has 3 heterocycles. The van der Waals surface area contributed by atoms with Gasteiger partial charge in [0.25, 0.3) is 11.5 Å². The van der Waals surface area contributed by atoms with Crippen molar-refractivity contribution in [1.82, 2.24) is 19.7 Å². The van der Waals surface area contributed by atoms with Crippen LogP contribution in [0, 0.1) is 0 Å². The summed E-state index contributed by atoms with van der Waals surface area (Å²) in [4.78, 5) is 34.0. The van der Waals surface area contributed by atoms with Crippen molar-refractivity contribution in [2.45, 2.75) is 19.8 Å². The molecule has 186 valence electrons. The van der Waals surface area contributed by atoms with Crippen LogP contribution in [-0.4, -0.2) is 32.3 Å². The second kappa shape index (κ2) is 11.0. The molecule has 8 nitrogen and oxygen atoms in total. The highest BCUT2D eigenvalue weighted by atomic mass is 32.1. The summed E-state index contributed by atoms with van der Waals surface area (Å²) < 4.78 is 7.14. The second-order valence-electron chi connectivity index (χ2n) is 8.30. The predicted molar refractivity (Wildman–Crippen MR) is 146 cm³/mol. The first kappa shape index (κ1) is 24.2. The normalized spacial score (nSPS) is 10.8. The van der Waals surface area contributed by atoms with Crippen molar-refractivity contribution in [2.75, 3.05) is 11.9 Å². The molecule has 2 aromatic carbocycles. The first-order valence-corrected chi connectivity index (χ1v) is 12.8. The van der Waals surface area contributed by atoms with Crippen molar-refractivity contribution in [2.24, 2.45) is 0 Å². The zero-order valence-corrected chi connectivity index (χ0v) is 21.0. The second-order valence-corrected chi connectivity index (χ2v) is 9.25. The monoisotopic (exact) mass is 511 g/mol. The number of amides is 1. The van der Waals surface area contributed by atoms with Gasteiger partial charge < -0.3 is 10.1 Å². The van der Waals surface area contributed by atoms with Gasteiger partial charge in [0.05, 0.1) is 17.2 Å². The first-order valence-electron chi connectivity index (χ1n) is 12.0. The molecule has 0 spiro atoms. The average Bonchev–Trinajstić information content (AvgIpc) is 3.60. The van der Waals surface area contributed by atoms with Crippen molar-refractivity contribution in [3.8, 4) is 33.5 Å². The highest BCUT2D eigenvalue weighted by Crippen LogP contribution is 2.28. The van der Waals surface area contributed by atoms with Crippen LogP contribution >= 0.6 is 11.3 Å². The fourth-order valence-corrected chi connectivity index (χ4v) is 4.38. The number of H-pyrrole nitrogens is 1. The van der Waals surface area contributed by atoms with E-state index in [0.717, 1.165) is 29.0 Å². The molecule has 1 amide bonds. The van der Waals surface area contributed by atoms with Gasteiger partial charge in [-0.25, -0.2) is 4.98 Å². The zero-order chi connectivity index (χ0) is 25.6. The van der Waals surface area contributed by atoms with E-state index in [-0.39, 0.29) is 17.4 Å². The molecule has 0 saturated carbocycles. The lowest BCUT2D eigenvalue weighted by Crippen LogP contribution is -2.18. The van der Waals surface area contributed by atoms with Crippen LogP contribution in [0.2, 0.25) is 0 Å². The molecule has 37 heavy (non-hydrogen) atoms. The lowest BCUT2D eigenvalue weighted by molar-refractivity contribution is 0.102. The molecule has 0 fully saturated rings. The van der Waals surface area contributed by atoms with E-state index in [4.69, 9.17) is 4.74 Å². The number of aromatic nitrogens is 4. The van der Waals surface area contributed by atoms with Gasteiger partial charge in [-0.1, -0.05) is 49.7 Å². The minimum atomic E-state index is -0.326. The summed E-state index contributed by atoms with van der Waals surface area (Å²) in [6.07, 6.45) is 2.02. The van der Waals surface area contributed by atoms with Gasteiger partial charge in [-0.15, -0.1) is 11.3 Å². The molecule has 5 rings (SSSR count). The van der Waals surface area contributed by atoms with E-state index in [9.17, 15) is 9.59 Å². The third-order valence-corrected chi connectivity index (χ3v) is 6.50. The molecule has 0 aliphatic rings. The quantitative estimate of drug-likeness (QED) is 0.244. The Labute approximate surface area is 217 Å². The molecular weight excluding hydrogens is 486 g/mol. The maximum absolute atomic E-state index is 13.1. The van der Waals surface area contributed by atoms with Gasteiger partial charge >= 0.3 is 0 Å². The minimum Gasteiger partial charge on any atom is -0.494 e. The molecule has 3 aromatic heterocycles. The van der Waals surface area contributed by atoms with E-state index in [2.05, 4.69) is 27.3 Å². The fraction of sp³-hybridized carbons (Fsp3) is 0.143. The molecule has 9 heteroatoms. The summed E-state index contributed by atoms with van der Waals surface area (Å²) in [5, 5.41) is 9.53. The van der Waals surface area contributed by atoms with Crippen LogP contribution in [0.1, 0.15) is 30.1 Å². The molecule has 2 N–H and O–H groups in total. The summed E-state index contributed by atoms with van der Waals surface area (Å²) in [5.74, 6) is 0.976. The lowest BCUT2D eigenvalue weighted by atomic mass is 10.1. The Morgan fingerprint density at radius 1 is 1.03 bits per heavy atom. The lowest BCUT2D eigenvalue weighted by Gasteiger charge is -2.10. The number of benzene rings is 2. The topological polar surface area (TPSA) is 102 Å². The number of carbonyl (C=O) groups is 1. The SMILES string of the molecule is CCCCOc1ccc(C(=O)Nc2cc(-c3cccs3)nn2-c2nc(-c3ccccc3)cc(=O)[nH]2)cc1. The molecular formula is C28H25N5O3S. The largest absolute Gasteiger partial charge is 0.494 e. The number of thiophene rings is 1. The summed E-state index contributed by atoms with van der Waals surface area (Å²) in [6, 6.07) is 23.5. The molecule has 0 saturated heterocycles. The minimum absolute atomic E-state index is 0.198.